The number of amides is 3. The summed E-state index contributed by atoms with van der Waals surface area (Å²) in [6, 6.07) is 9.13. The molecule has 3 aliphatic rings. The topological polar surface area (TPSA) is 111 Å². The number of carbonyl (C=O) groups is 3. The molecular weight excluding hydrogens is 400 g/mol. The molecule has 3 aliphatic heterocycles. The van der Waals surface area contributed by atoms with Crippen molar-refractivity contribution in [3.63, 3.8) is 0 Å². The summed E-state index contributed by atoms with van der Waals surface area (Å²) in [6.07, 6.45) is 2.88. The highest BCUT2D eigenvalue weighted by atomic mass is 16.5. The Kier molecular flexibility index (Phi) is 6.24. The van der Waals surface area contributed by atoms with E-state index in [-0.39, 0.29) is 24.0 Å². The zero-order valence-electron chi connectivity index (χ0n) is 17.5. The normalized spacial score (nSPS) is 27.9. The summed E-state index contributed by atoms with van der Waals surface area (Å²) in [4.78, 5) is 41.0. The zero-order valence-corrected chi connectivity index (χ0v) is 17.5. The van der Waals surface area contributed by atoms with Gasteiger partial charge in [0.2, 0.25) is 11.8 Å². The van der Waals surface area contributed by atoms with Crippen LogP contribution in [0.2, 0.25) is 0 Å². The van der Waals surface area contributed by atoms with Crippen LogP contribution in [0.15, 0.2) is 36.4 Å². The second-order valence-electron chi connectivity index (χ2n) is 8.30. The maximum Gasteiger partial charge on any atom is 0.409 e. The maximum atomic E-state index is 13.3. The first-order valence-electron chi connectivity index (χ1n) is 10.6. The molecule has 9 nitrogen and oxygen atoms in total. The average Bonchev–Trinajstić information content (AvgIpc) is 3.28. The lowest BCUT2D eigenvalue weighted by atomic mass is 9.76. The molecule has 9 heteroatoms. The van der Waals surface area contributed by atoms with E-state index in [9.17, 15) is 19.6 Å². The second-order valence-corrected chi connectivity index (χ2v) is 8.30. The molecule has 3 N–H and O–H groups in total. The minimum absolute atomic E-state index is 0.00390. The number of rotatable bonds is 4. The third-order valence-corrected chi connectivity index (χ3v) is 6.67. The standard InChI is InChI=1S/C22H28N4O5/c1-31-22(29)26-10-8-18(26)16-11-17(20(27)24-30)19(23-12-16)21(28)25-9-7-15(13-25)14-5-3-2-4-6-14/h2-7,16-19,23,30H,8-13H2,1H3,(H,24,27)/t16?,17-,18?,19-/m0/s1. The Morgan fingerprint density at radius 2 is 2.00 bits per heavy atom. The Morgan fingerprint density at radius 3 is 2.65 bits per heavy atom. The molecule has 31 heavy (non-hydrogen) atoms. The first-order valence-corrected chi connectivity index (χ1v) is 10.6. The summed E-state index contributed by atoms with van der Waals surface area (Å²) >= 11 is 0. The number of piperidine rings is 1. The van der Waals surface area contributed by atoms with E-state index >= 15 is 0 Å². The Balaban J connectivity index is 1.43. The summed E-state index contributed by atoms with van der Waals surface area (Å²) in [7, 11) is 1.35. The van der Waals surface area contributed by atoms with Gasteiger partial charge in [-0.15, -0.1) is 0 Å². The quantitative estimate of drug-likeness (QED) is 0.484. The minimum atomic E-state index is -0.725. The third kappa shape index (κ3) is 4.15. The zero-order chi connectivity index (χ0) is 22.0. The van der Waals surface area contributed by atoms with Gasteiger partial charge in [0.25, 0.3) is 0 Å². The first kappa shape index (κ1) is 21.3. The van der Waals surface area contributed by atoms with Gasteiger partial charge in [0.15, 0.2) is 0 Å². The van der Waals surface area contributed by atoms with Crippen LogP contribution < -0.4 is 10.8 Å². The van der Waals surface area contributed by atoms with Crippen LogP contribution in [0.5, 0.6) is 0 Å². The number of hydrogen-bond donors (Lipinski definition) is 3. The van der Waals surface area contributed by atoms with Gasteiger partial charge < -0.3 is 19.9 Å². The maximum absolute atomic E-state index is 13.3. The summed E-state index contributed by atoms with van der Waals surface area (Å²) in [6.45, 7) is 2.10. The van der Waals surface area contributed by atoms with Crippen molar-refractivity contribution in [1.82, 2.24) is 20.6 Å². The van der Waals surface area contributed by atoms with Gasteiger partial charge >= 0.3 is 6.09 Å². The lowest BCUT2D eigenvalue weighted by molar-refractivity contribution is -0.144. The summed E-state index contributed by atoms with van der Waals surface area (Å²) < 4.78 is 4.82. The van der Waals surface area contributed by atoms with Gasteiger partial charge in [-0.2, -0.15) is 0 Å². The van der Waals surface area contributed by atoms with Crippen LogP contribution in [0, 0.1) is 11.8 Å². The molecule has 0 aliphatic carbocycles. The average molecular weight is 428 g/mol. The van der Waals surface area contributed by atoms with Crippen LogP contribution in [0.4, 0.5) is 4.79 Å². The van der Waals surface area contributed by atoms with E-state index in [0.29, 0.717) is 32.6 Å². The summed E-state index contributed by atoms with van der Waals surface area (Å²) in [5.41, 5.74) is 3.87. The molecule has 3 amide bonds. The predicted molar refractivity (Wildman–Crippen MR) is 112 cm³/mol. The van der Waals surface area contributed by atoms with Crippen LogP contribution in [0.1, 0.15) is 18.4 Å². The number of hydroxylamine groups is 1. The Labute approximate surface area is 181 Å². The van der Waals surface area contributed by atoms with Crippen molar-refractivity contribution in [2.45, 2.75) is 24.9 Å². The van der Waals surface area contributed by atoms with Crippen molar-refractivity contribution in [3.8, 4) is 0 Å². The number of nitrogens with one attached hydrogen (secondary N) is 2. The van der Waals surface area contributed by atoms with Gasteiger partial charge in [0.1, 0.15) is 0 Å². The summed E-state index contributed by atoms with van der Waals surface area (Å²) in [5.74, 6) is -1.48. The van der Waals surface area contributed by atoms with Crippen molar-refractivity contribution in [1.29, 1.82) is 0 Å². The fourth-order valence-electron chi connectivity index (χ4n) is 4.88. The predicted octanol–water partition coefficient (Wildman–Crippen LogP) is 0.853. The van der Waals surface area contributed by atoms with Gasteiger partial charge in [-0.3, -0.25) is 14.8 Å². The van der Waals surface area contributed by atoms with E-state index < -0.39 is 17.9 Å². The van der Waals surface area contributed by atoms with Gasteiger partial charge in [-0.1, -0.05) is 36.4 Å². The highest BCUT2D eigenvalue weighted by molar-refractivity contribution is 5.91. The van der Waals surface area contributed by atoms with E-state index in [2.05, 4.69) is 5.32 Å². The molecule has 2 saturated heterocycles. The molecule has 0 bridgehead atoms. The molecular formula is C22H28N4O5. The molecule has 2 fully saturated rings. The van der Waals surface area contributed by atoms with E-state index in [1.165, 1.54) is 7.11 Å². The van der Waals surface area contributed by atoms with Crippen molar-refractivity contribution in [2.24, 2.45) is 11.8 Å². The number of likely N-dealkylation sites (tertiary alicyclic amines) is 1. The van der Waals surface area contributed by atoms with E-state index in [1.807, 2.05) is 36.4 Å². The molecule has 166 valence electrons. The largest absolute Gasteiger partial charge is 0.453 e. The Hall–Kier alpha value is -2.91. The van der Waals surface area contributed by atoms with Gasteiger partial charge in [-0.25, -0.2) is 10.3 Å². The van der Waals surface area contributed by atoms with Gasteiger partial charge in [0.05, 0.1) is 19.1 Å². The molecule has 4 rings (SSSR count). The Morgan fingerprint density at radius 1 is 1.23 bits per heavy atom. The molecule has 0 aromatic heterocycles. The monoisotopic (exact) mass is 428 g/mol. The van der Waals surface area contributed by atoms with Crippen LogP contribution in [-0.2, 0) is 14.3 Å². The van der Waals surface area contributed by atoms with Crippen LogP contribution >= 0.6 is 0 Å². The Bertz CT molecular complexity index is 874. The van der Waals surface area contributed by atoms with Crippen LogP contribution in [0.3, 0.4) is 0 Å². The van der Waals surface area contributed by atoms with Crippen molar-refractivity contribution in [2.75, 3.05) is 33.3 Å². The molecule has 0 spiro atoms. The highest BCUT2D eigenvalue weighted by Crippen LogP contribution is 2.34. The molecule has 1 aromatic rings. The number of nitrogens with zero attached hydrogens (tertiary/aromatic N) is 2. The van der Waals surface area contributed by atoms with E-state index in [0.717, 1.165) is 17.6 Å². The number of benzene rings is 1. The number of hydrogen-bond acceptors (Lipinski definition) is 6. The first-order chi connectivity index (χ1) is 15.0. The molecule has 0 radical (unpaired) electrons. The van der Waals surface area contributed by atoms with Crippen LogP contribution in [-0.4, -0.2) is 78.3 Å². The minimum Gasteiger partial charge on any atom is -0.453 e. The van der Waals surface area contributed by atoms with E-state index in [1.54, 1.807) is 15.3 Å². The lowest BCUT2D eigenvalue weighted by Crippen LogP contribution is -2.63. The van der Waals surface area contributed by atoms with Gasteiger partial charge in [-0.05, 0) is 29.9 Å². The molecule has 0 saturated carbocycles. The molecule has 1 aromatic carbocycles. The molecule has 2 unspecified atom stereocenters. The fraction of sp³-hybridized carbons (Fsp3) is 0.500. The smallest absolute Gasteiger partial charge is 0.409 e. The number of ether oxygens (including phenoxy) is 1. The lowest BCUT2D eigenvalue weighted by Gasteiger charge is -2.48. The number of carbonyl (C=O) groups excluding carboxylic acids is 3. The third-order valence-electron chi connectivity index (χ3n) is 6.67. The molecule has 4 atom stereocenters. The van der Waals surface area contributed by atoms with Crippen molar-refractivity contribution >= 4 is 23.5 Å². The van der Waals surface area contributed by atoms with E-state index in [4.69, 9.17) is 4.74 Å². The highest BCUT2D eigenvalue weighted by Gasteiger charge is 2.47. The van der Waals surface area contributed by atoms with Crippen molar-refractivity contribution < 1.29 is 24.3 Å². The SMILES string of the molecule is COC(=O)N1CCC1C1CN[C@H](C(=O)N2CC=C(c3ccccc3)C2)[C@@H](C(=O)NO)C1. The number of methoxy groups -OCH3 is 1. The summed E-state index contributed by atoms with van der Waals surface area (Å²) in [5, 5.41) is 12.5. The fourth-order valence-corrected chi connectivity index (χ4v) is 4.88. The van der Waals surface area contributed by atoms with Crippen molar-refractivity contribution in [3.05, 3.63) is 42.0 Å². The second kappa shape index (κ2) is 9.07. The van der Waals surface area contributed by atoms with Crippen LogP contribution in [0.25, 0.3) is 5.57 Å². The molecule has 3 heterocycles. The van der Waals surface area contributed by atoms with Gasteiger partial charge in [0, 0.05) is 32.2 Å².